The molecule has 136 valence electrons. The molecule has 1 aromatic rings. The van der Waals surface area contributed by atoms with Crippen molar-refractivity contribution < 1.29 is 18.7 Å². The number of benzene rings is 1. The Labute approximate surface area is 159 Å². The summed E-state index contributed by atoms with van der Waals surface area (Å²) < 4.78 is 19.5. The first-order chi connectivity index (χ1) is 12.3. The molecule has 0 spiro atoms. The van der Waals surface area contributed by atoms with E-state index in [1.807, 2.05) is 13.8 Å². The molecule has 1 aromatic carbocycles. The maximum absolute atomic E-state index is 13.8. The lowest BCUT2D eigenvalue weighted by molar-refractivity contribution is -0.124. The number of rotatable bonds is 1. The topological polar surface area (TPSA) is 55.4 Å². The van der Waals surface area contributed by atoms with E-state index in [1.54, 1.807) is 12.1 Å². The number of ether oxygens (including phenoxy) is 1. The van der Waals surface area contributed by atoms with E-state index < -0.39 is 11.3 Å². The van der Waals surface area contributed by atoms with Crippen molar-refractivity contribution in [3.05, 3.63) is 56.6 Å². The molecule has 0 aromatic heterocycles. The SMILES string of the molecule is CC1(C)CCC2=C(C1=O)C(c1ccc(F)c(Br)c1)C1=C(COCC1=O)N2. The summed E-state index contributed by atoms with van der Waals surface area (Å²) in [5.74, 6) is -0.948. The van der Waals surface area contributed by atoms with E-state index in [0.29, 0.717) is 22.2 Å². The van der Waals surface area contributed by atoms with Gasteiger partial charge in [0, 0.05) is 33.9 Å². The molecule has 3 aliphatic rings. The molecule has 2 heterocycles. The predicted molar refractivity (Wildman–Crippen MR) is 97.9 cm³/mol. The molecule has 2 aliphatic heterocycles. The van der Waals surface area contributed by atoms with Crippen LogP contribution in [0.3, 0.4) is 0 Å². The maximum atomic E-state index is 13.8. The predicted octanol–water partition coefficient (Wildman–Crippen LogP) is 3.77. The highest BCUT2D eigenvalue weighted by Gasteiger charge is 2.45. The number of dihydropyridines is 1. The Morgan fingerprint density at radius 3 is 2.69 bits per heavy atom. The highest BCUT2D eigenvalue weighted by Crippen LogP contribution is 2.47. The Hall–Kier alpha value is -1.79. The van der Waals surface area contributed by atoms with Crippen LogP contribution in [0.15, 0.2) is 45.2 Å². The van der Waals surface area contributed by atoms with E-state index in [-0.39, 0.29) is 24.0 Å². The first kappa shape index (κ1) is 17.6. The smallest absolute Gasteiger partial charge is 0.187 e. The van der Waals surface area contributed by atoms with E-state index in [2.05, 4.69) is 21.2 Å². The largest absolute Gasteiger partial charge is 0.367 e. The van der Waals surface area contributed by atoms with Gasteiger partial charge in [-0.15, -0.1) is 0 Å². The van der Waals surface area contributed by atoms with Gasteiger partial charge in [0.2, 0.25) is 0 Å². The van der Waals surface area contributed by atoms with Crippen molar-refractivity contribution >= 4 is 27.5 Å². The Bertz CT molecular complexity index is 900. The van der Waals surface area contributed by atoms with E-state index in [1.165, 1.54) is 6.07 Å². The van der Waals surface area contributed by atoms with Crippen molar-refractivity contribution in [1.29, 1.82) is 0 Å². The summed E-state index contributed by atoms with van der Waals surface area (Å²) in [6, 6.07) is 4.69. The van der Waals surface area contributed by atoms with Crippen molar-refractivity contribution in [3.8, 4) is 0 Å². The highest BCUT2D eigenvalue weighted by molar-refractivity contribution is 9.10. The number of carbonyl (C=O) groups is 2. The van der Waals surface area contributed by atoms with Crippen molar-refractivity contribution in [2.75, 3.05) is 13.2 Å². The zero-order valence-electron chi connectivity index (χ0n) is 14.6. The molecular formula is C20H19BrFNO3. The van der Waals surface area contributed by atoms with Crippen molar-refractivity contribution in [1.82, 2.24) is 5.32 Å². The van der Waals surface area contributed by atoms with Crippen LogP contribution in [-0.2, 0) is 14.3 Å². The van der Waals surface area contributed by atoms with Crippen LogP contribution < -0.4 is 5.32 Å². The lowest BCUT2D eigenvalue weighted by atomic mass is 9.66. The third kappa shape index (κ3) is 2.67. The minimum absolute atomic E-state index is 0.000422. The van der Waals surface area contributed by atoms with Crippen LogP contribution in [-0.4, -0.2) is 24.8 Å². The molecule has 6 heteroatoms. The Morgan fingerprint density at radius 2 is 1.96 bits per heavy atom. The summed E-state index contributed by atoms with van der Waals surface area (Å²) in [6.07, 6.45) is 1.48. The molecule has 0 saturated heterocycles. The number of nitrogens with one attached hydrogen (secondary N) is 1. The molecule has 4 nitrogen and oxygen atoms in total. The zero-order chi connectivity index (χ0) is 18.6. The lowest BCUT2D eigenvalue weighted by Gasteiger charge is -2.41. The summed E-state index contributed by atoms with van der Waals surface area (Å²) in [5, 5.41) is 3.29. The van der Waals surface area contributed by atoms with Gasteiger partial charge in [-0.05, 0) is 46.5 Å². The Kier molecular flexibility index (Phi) is 4.15. The molecule has 0 amide bonds. The normalized spacial score (nSPS) is 25.0. The Balaban J connectivity index is 1.93. The maximum Gasteiger partial charge on any atom is 0.187 e. The van der Waals surface area contributed by atoms with Crippen molar-refractivity contribution in [2.45, 2.75) is 32.6 Å². The molecule has 1 unspecified atom stereocenters. The van der Waals surface area contributed by atoms with Crippen molar-refractivity contribution in [3.63, 3.8) is 0 Å². The summed E-state index contributed by atoms with van der Waals surface area (Å²) in [6.45, 7) is 4.19. The third-order valence-electron chi connectivity index (χ3n) is 5.45. The van der Waals surface area contributed by atoms with Gasteiger partial charge >= 0.3 is 0 Å². The second kappa shape index (κ2) is 6.13. The number of ketones is 2. The minimum Gasteiger partial charge on any atom is -0.367 e. The quantitative estimate of drug-likeness (QED) is 0.752. The molecular weight excluding hydrogens is 401 g/mol. The van der Waals surface area contributed by atoms with Gasteiger partial charge in [-0.1, -0.05) is 19.9 Å². The van der Waals surface area contributed by atoms with Gasteiger partial charge in [0.25, 0.3) is 0 Å². The molecule has 4 rings (SSSR count). The summed E-state index contributed by atoms with van der Waals surface area (Å²) in [7, 11) is 0. The van der Waals surface area contributed by atoms with Crippen molar-refractivity contribution in [2.24, 2.45) is 5.41 Å². The van der Waals surface area contributed by atoms with Crippen LogP contribution in [0.1, 0.15) is 38.2 Å². The van der Waals surface area contributed by atoms with Crippen LogP contribution in [0.4, 0.5) is 4.39 Å². The molecule has 0 fully saturated rings. The first-order valence-electron chi connectivity index (χ1n) is 8.63. The second-order valence-electron chi connectivity index (χ2n) is 7.64. The van der Waals surface area contributed by atoms with E-state index in [4.69, 9.17) is 4.74 Å². The average Bonchev–Trinajstić information content (AvgIpc) is 2.60. The monoisotopic (exact) mass is 419 g/mol. The van der Waals surface area contributed by atoms with Gasteiger partial charge in [0.15, 0.2) is 11.6 Å². The average molecular weight is 420 g/mol. The zero-order valence-corrected chi connectivity index (χ0v) is 16.2. The van der Waals surface area contributed by atoms with Gasteiger partial charge < -0.3 is 10.1 Å². The molecule has 1 aliphatic carbocycles. The molecule has 0 radical (unpaired) electrons. The van der Waals surface area contributed by atoms with Crippen LogP contribution in [0, 0.1) is 11.2 Å². The summed E-state index contributed by atoms with van der Waals surface area (Å²) in [4.78, 5) is 25.9. The second-order valence-corrected chi connectivity index (χ2v) is 8.50. The molecule has 0 bridgehead atoms. The van der Waals surface area contributed by atoms with Gasteiger partial charge in [0.05, 0.1) is 11.1 Å². The van der Waals surface area contributed by atoms with Crippen LogP contribution in [0.25, 0.3) is 0 Å². The first-order valence-corrected chi connectivity index (χ1v) is 9.42. The Morgan fingerprint density at radius 1 is 1.19 bits per heavy atom. The third-order valence-corrected chi connectivity index (χ3v) is 6.05. The molecule has 26 heavy (non-hydrogen) atoms. The fourth-order valence-electron chi connectivity index (χ4n) is 3.98. The highest BCUT2D eigenvalue weighted by atomic mass is 79.9. The number of allylic oxidation sites excluding steroid dienone is 2. The molecule has 1 N–H and O–H groups in total. The number of halogens is 2. The summed E-state index contributed by atoms with van der Waals surface area (Å²) in [5.41, 5.74) is 3.03. The van der Waals surface area contributed by atoms with Gasteiger partial charge in [-0.2, -0.15) is 0 Å². The number of carbonyl (C=O) groups excluding carboxylic acids is 2. The fraction of sp³-hybridized carbons (Fsp3) is 0.400. The van der Waals surface area contributed by atoms with Gasteiger partial charge in [-0.3, -0.25) is 9.59 Å². The minimum atomic E-state index is -0.485. The van der Waals surface area contributed by atoms with Crippen LogP contribution >= 0.6 is 15.9 Å². The van der Waals surface area contributed by atoms with Crippen LogP contribution in [0.2, 0.25) is 0 Å². The van der Waals surface area contributed by atoms with E-state index in [9.17, 15) is 14.0 Å². The number of hydrogen-bond acceptors (Lipinski definition) is 4. The molecule has 0 saturated carbocycles. The standard InChI is InChI=1S/C20H19BrFNO3/c1-20(2)6-5-13-18(19(20)25)16(10-3-4-12(22)11(21)7-10)17-14(23-13)8-26-9-15(17)24/h3-4,7,16,23H,5-6,8-9H2,1-2H3. The van der Waals surface area contributed by atoms with Gasteiger partial charge in [-0.25, -0.2) is 4.39 Å². The van der Waals surface area contributed by atoms with E-state index >= 15 is 0 Å². The van der Waals surface area contributed by atoms with Gasteiger partial charge in [0.1, 0.15) is 12.4 Å². The molecule has 1 atom stereocenters. The number of hydrogen-bond donors (Lipinski definition) is 1. The van der Waals surface area contributed by atoms with Crippen LogP contribution in [0.5, 0.6) is 0 Å². The number of Topliss-reactive ketones (excluding diaryl/α,β-unsaturated/α-hetero) is 2. The lowest BCUT2D eigenvalue weighted by Crippen LogP contribution is -2.43. The summed E-state index contributed by atoms with van der Waals surface area (Å²) >= 11 is 3.22. The van der Waals surface area contributed by atoms with E-state index in [0.717, 1.165) is 29.8 Å². The fourth-order valence-corrected chi connectivity index (χ4v) is 4.38.